The summed E-state index contributed by atoms with van der Waals surface area (Å²) >= 11 is 0. The molecule has 0 fully saturated rings. The van der Waals surface area contributed by atoms with Crippen molar-refractivity contribution in [2.45, 2.75) is 0 Å². The number of fused-ring (bicyclic) bond motifs is 1. The highest BCUT2D eigenvalue weighted by Gasteiger charge is 2.06. The normalized spacial score (nSPS) is 10.8. The number of nitrogens with two attached hydrogens (primary N) is 1. The van der Waals surface area contributed by atoms with E-state index in [1.54, 1.807) is 6.20 Å². The number of rotatable bonds is 1. The third kappa shape index (κ3) is 1.28. The Kier molecular flexibility index (Phi) is 1.79. The maximum absolute atomic E-state index is 5.61. The van der Waals surface area contributed by atoms with Crippen molar-refractivity contribution in [1.82, 2.24) is 24.8 Å². The number of hydrogen-bond acceptors (Lipinski definition) is 5. The smallest absolute Gasteiger partial charge is 0.273 e. The molecular formula is C10H8N6. The zero-order valence-corrected chi connectivity index (χ0v) is 8.28. The summed E-state index contributed by atoms with van der Waals surface area (Å²) < 4.78 is 1.42. The molecule has 3 aromatic rings. The maximum atomic E-state index is 5.61. The Balaban J connectivity index is 2.22. The molecule has 0 aliphatic rings. The van der Waals surface area contributed by atoms with E-state index < -0.39 is 0 Å². The topological polar surface area (TPSA) is 82.0 Å². The fourth-order valence-corrected chi connectivity index (χ4v) is 1.45. The minimum absolute atomic E-state index is 0.236. The van der Waals surface area contributed by atoms with E-state index in [2.05, 4.69) is 20.3 Å². The molecule has 1 aromatic carbocycles. The molecule has 0 unspecified atom stereocenters. The number of hydrogen-bond donors (Lipinski definition) is 1. The van der Waals surface area contributed by atoms with E-state index in [9.17, 15) is 0 Å². The predicted octanol–water partition coefficient (Wildman–Crippen LogP) is 0.768. The Morgan fingerprint density at radius 1 is 1.06 bits per heavy atom. The zero-order chi connectivity index (χ0) is 11.0. The molecule has 3 rings (SSSR count). The minimum atomic E-state index is 0.236. The van der Waals surface area contributed by atoms with Crippen LogP contribution in [0, 0.1) is 0 Å². The summed E-state index contributed by atoms with van der Waals surface area (Å²) in [4.78, 5) is 4.13. The molecule has 6 heteroatoms. The average Bonchev–Trinajstić information content (AvgIpc) is 2.72. The fraction of sp³-hybridized carbons (Fsp3) is 0. The molecule has 0 aliphatic heterocycles. The SMILES string of the molecule is Nc1nnc2ncc(-c3ccccc3)nn12. The van der Waals surface area contributed by atoms with Gasteiger partial charge >= 0.3 is 0 Å². The first-order chi connectivity index (χ1) is 7.84. The van der Waals surface area contributed by atoms with Gasteiger partial charge in [-0.3, -0.25) is 0 Å². The van der Waals surface area contributed by atoms with Crippen molar-refractivity contribution < 1.29 is 0 Å². The molecule has 0 saturated carbocycles. The van der Waals surface area contributed by atoms with Gasteiger partial charge in [-0.1, -0.05) is 30.3 Å². The van der Waals surface area contributed by atoms with Crippen LogP contribution in [0.1, 0.15) is 0 Å². The highest BCUT2D eigenvalue weighted by molar-refractivity contribution is 5.58. The molecular weight excluding hydrogens is 204 g/mol. The van der Waals surface area contributed by atoms with Crippen LogP contribution in [0.15, 0.2) is 36.5 Å². The van der Waals surface area contributed by atoms with E-state index in [1.165, 1.54) is 4.52 Å². The van der Waals surface area contributed by atoms with Crippen LogP contribution >= 0.6 is 0 Å². The minimum Gasteiger partial charge on any atom is -0.366 e. The van der Waals surface area contributed by atoms with E-state index >= 15 is 0 Å². The number of benzene rings is 1. The van der Waals surface area contributed by atoms with Crippen LogP contribution in [0.2, 0.25) is 0 Å². The van der Waals surface area contributed by atoms with Gasteiger partial charge in [0.15, 0.2) is 0 Å². The molecule has 16 heavy (non-hydrogen) atoms. The van der Waals surface area contributed by atoms with Crippen molar-refractivity contribution in [3.8, 4) is 11.3 Å². The van der Waals surface area contributed by atoms with Gasteiger partial charge in [-0.15, -0.1) is 10.2 Å². The monoisotopic (exact) mass is 212 g/mol. The van der Waals surface area contributed by atoms with Gasteiger partial charge in [0.2, 0.25) is 5.95 Å². The Morgan fingerprint density at radius 3 is 2.69 bits per heavy atom. The van der Waals surface area contributed by atoms with E-state index in [-0.39, 0.29) is 5.95 Å². The lowest BCUT2D eigenvalue weighted by molar-refractivity contribution is 0.916. The summed E-state index contributed by atoms with van der Waals surface area (Å²) in [6.07, 6.45) is 1.65. The Bertz CT molecular complexity index is 630. The predicted molar refractivity (Wildman–Crippen MR) is 58.4 cm³/mol. The van der Waals surface area contributed by atoms with E-state index in [1.807, 2.05) is 30.3 Å². The third-order valence-corrected chi connectivity index (χ3v) is 2.23. The van der Waals surface area contributed by atoms with Crippen molar-refractivity contribution in [2.75, 3.05) is 5.73 Å². The second-order valence-corrected chi connectivity index (χ2v) is 3.28. The Morgan fingerprint density at radius 2 is 1.88 bits per heavy atom. The van der Waals surface area contributed by atoms with Crippen LogP contribution < -0.4 is 5.73 Å². The standard InChI is InChI=1S/C10H8N6/c11-9-13-14-10-12-6-8(15-16(9)10)7-4-2-1-3-5-7/h1-6H,(H2,11,13). The van der Waals surface area contributed by atoms with Crippen molar-refractivity contribution in [1.29, 1.82) is 0 Å². The first-order valence-corrected chi connectivity index (χ1v) is 4.74. The first kappa shape index (κ1) is 8.78. The molecule has 0 bridgehead atoms. The molecule has 6 nitrogen and oxygen atoms in total. The van der Waals surface area contributed by atoms with Crippen LogP contribution in [0.4, 0.5) is 5.95 Å². The number of nitrogen functional groups attached to an aromatic ring is 1. The number of nitrogens with zero attached hydrogens (tertiary/aromatic N) is 5. The second-order valence-electron chi connectivity index (χ2n) is 3.28. The quantitative estimate of drug-likeness (QED) is 0.644. The second kappa shape index (κ2) is 3.27. The Hall–Kier alpha value is -2.50. The molecule has 0 radical (unpaired) electrons. The molecule has 0 amide bonds. The average molecular weight is 212 g/mol. The fourth-order valence-electron chi connectivity index (χ4n) is 1.45. The third-order valence-electron chi connectivity index (χ3n) is 2.23. The molecule has 0 atom stereocenters. The van der Waals surface area contributed by atoms with Crippen molar-refractivity contribution >= 4 is 11.7 Å². The van der Waals surface area contributed by atoms with Crippen LogP contribution in [-0.4, -0.2) is 24.8 Å². The maximum Gasteiger partial charge on any atom is 0.273 e. The van der Waals surface area contributed by atoms with Crippen molar-refractivity contribution in [2.24, 2.45) is 0 Å². The molecule has 2 heterocycles. The number of aromatic nitrogens is 5. The molecule has 2 aromatic heterocycles. The van der Waals surface area contributed by atoms with Gasteiger partial charge in [0.25, 0.3) is 5.78 Å². The highest BCUT2D eigenvalue weighted by atomic mass is 15.4. The van der Waals surface area contributed by atoms with Crippen LogP contribution in [-0.2, 0) is 0 Å². The van der Waals surface area contributed by atoms with Gasteiger partial charge in [0.1, 0.15) is 5.69 Å². The molecule has 0 spiro atoms. The van der Waals surface area contributed by atoms with Gasteiger partial charge in [0, 0.05) is 5.56 Å². The van der Waals surface area contributed by atoms with Gasteiger partial charge in [-0.2, -0.15) is 9.61 Å². The highest BCUT2D eigenvalue weighted by Crippen LogP contribution is 2.15. The summed E-state index contributed by atoms with van der Waals surface area (Å²) in [5.41, 5.74) is 7.32. The zero-order valence-electron chi connectivity index (χ0n) is 8.28. The van der Waals surface area contributed by atoms with Crippen molar-refractivity contribution in [3.05, 3.63) is 36.5 Å². The van der Waals surface area contributed by atoms with Gasteiger partial charge in [-0.25, -0.2) is 4.98 Å². The molecule has 0 aliphatic carbocycles. The lowest BCUT2D eigenvalue weighted by atomic mass is 10.2. The van der Waals surface area contributed by atoms with Gasteiger partial charge in [-0.05, 0) is 0 Å². The van der Waals surface area contributed by atoms with Crippen LogP contribution in [0.5, 0.6) is 0 Å². The van der Waals surface area contributed by atoms with Crippen LogP contribution in [0.25, 0.3) is 17.0 Å². The van der Waals surface area contributed by atoms with Gasteiger partial charge in [0.05, 0.1) is 6.20 Å². The number of anilines is 1. The van der Waals surface area contributed by atoms with Gasteiger partial charge < -0.3 is 5.73 Å². The summed E-state index contributed by atoms with van der Waals surface area (Å²) in [6, 6.07) is 9.74. The van der Waals surface area contributed by atoms with E-state index in [4.69, 9.17) is 5.73 Å². The lowest BCUT2D eigenvalue weighted by Gasteiger charge is -1.99. The Labute approximate surface area is 90.8 Å². The molecule has 0 saturated heterocycles. The summed E-state index contributed by atoms with van der Waals surface area (Å²) in [7, 11) is 0. The van der Waals surface area contributed by atoms with Crippen LogP contribution in [0.3, 0.4) is 0 Å². The summed E-state index contributed by atoms with van der Waals surface area (Å²) in [5, 5.41) is 11.8. The van der Waals surface area contributed by atoms with E-state index in [0.29, 0.717) is 5.78 Å². The van der Waals surface area contributed by atoms with E-state index in [0.717, 1.165) is 11.3 Å². The summed E-state index contributed by atoms with van der Waals surface area (Å²) in [6.45, 7) is 0. The lowest BCUT2D eigenvalue weighted by Crippen LogP contribution is -2.01. The molecule has 2 N–H and O–H groups in total. The van der Waals surface area contributed by atoms with Crippen molar-refractivity contribution in [3.63, 3.8) is 0 Å². The molecule has 78 valence electrons. The summed E-state index contributed by atoms with van der Waals surface area (Å²) in [5.74, 6) is 0.637. The first-order valence-electron chi connectivity index (χ1n) is 4.74. The largest absolute Gasteiger partial charge is 0.366 e.